The third kappa shape index (κ3) is 2.06. The summed E-state index contributed by atoms with van der Waals surface area (Å²) in [5.74, 6) is 1.63. The number of hydrogen-bond acceptors (Lipinski definition) is 3. The average molecular weight is 320 g/mol. The van der Waals surface area contributed by atoms with Crippen LogP contribution in [-0.2, 0) is 0 Å². The fourth-order valence-electron chi connectivity index (χ4n) is 7.14. The SMILES string of the molecule is C=C1CC2C3C(CC[C@]2(C)[C@H]1O)[C@@]1(C)CC[C@H](O)C[C@H]1C[C@@H]3O. The van der Waals surface area contributed by atoms with Crippen LogP contribution in [0.2, 0.25) is 0 Å². The Kier molecular flexibility index (Phi) is 3.54. The molecule has 0 aromatic carbocycles. The summed E-state index contributed by atoms with van der Waals surface area (Å²) in [6.07, 6.45) is 5.81. The van der Waals surface area contributed by atoms with Crippen LogP contribution >= 0.6 is 0 Å². The van der Waals surface area contributed by atoms with E-state index in [0.717, 1.165) is 50.5 Å². The van der Waals surface area contributed by atoms with Gasteiger partial charge in [0.2, 0.25) is 0 Å². The molecular weight excluding hydrogens is 288 g/mol. The topological polar surface area (TPSA) is 60.7 Å². The Bertz CT molecular complexity index is 517. The van der Waals surface area contributed by atoms with Gasteiger partial charge in [0, 0.05) is 5.41 Å². The molecule has 23 heavy (non-hydrogen) atoms. The van der Waals surface area contributed by atoms with E-state index in [2.05, 4.69) is 20.4 Å². The maximum atomic E-state index is 11.0. The summed E-state index contributed by atoms with van der Waals surface area (Å²) in [7, 11) is 0. The van der Waals surface area contributed by atoms with E-state index in [1.54, 1.807) is 0 Å². The van der Waals surface area contributed by atoms with Crippen LogP contribution in [0, 0.1) is 34.5 Å². The molecule has 130 valence electrons. The molecular formula is C20H32O3. The van der Waals surface area contributed by atoms with Crippen LogP contribution in [0.5, 0.6) is 0 Å². The Hall–Kier alpha value is -0.380. The van der Waals surface area contributed by atoms with Gasteiger partial charge in [-0.25, -0.2) is 0 Å². The number of aliphatic hydroxyl groups excluding tert-OH is 3. The third-order valence-electron chi connectivity index (χ3n) is 8.59. The zero-order chi connectivity index (χ0) is 16.6. The van der Waals surface area contributed by atoms with Gasteiger partial charge < -0.3 is 15.3 Å². The van der Waals surface area contributed by atoms with Crippen LogP contribution in [0.3, 0.4) is 0 Å². The predicted octanol–water partition coefficient (Wildman–Crippen LogP) is 2.89. The number of fused-ring (bicyclic) bond motifs is 5. The molecule has 0 saturated heterocycles. The summed E-state index contributed by atoms with van der Waals surface area (Å²) in [6.45, 7) is 8.73. The molecule has 4 aliphatic carbocycles. The molecule has 0 aromatic rings. The van der Waals surface area contributed by atoms with E-state index in [4.69, 9.17) is 0 Å². The van der Waals surface area contributed by atoms with Gasteiger partial charge in [-0.1, -0.05) is 20.4 Å². The van der Waals surface area contributed by atoms with E-state index in [1.165, 1.54) is 0 Å². The summed E-state index contributed by atoms with van der Waals surface area (Å²) in [4.78, 5) is 0. The molecule has 4 rings (SSSR count). The van der Waals surface area contributed by atoms with Crippen molar-refractivity contribution in [3.8, 4) is 0 Å². The molecule has 0 aliphatic heterocycles. The Morgan fingerprint density at radius 1 is 0.957 bits per heavy atom. The highest BCUT2D eigenvalue weighted by molar-refractivity contribution is 5.23. The van der Waals surface area contributed by atoms with Crippen molar-refractivity contribution in [2.24, 2.45) is 34.5 Å². The lowest BCUT2D eigenvalue weighted by Crippen LogP contribution is -2.58. The molecule has 4 aliphatic rings. The third-order valence-corrected chi connectivity index (χ3v) is 8.59. The maximum absolute atomic E-state index is 11.0. The smallest absolute Gasteiger partial charge is 0.0804 e. The van der Waals surface area contributed by atoms with Gasteiger partial charge in [-0.15, -0.1) is 0 Å². The van der Waals surface area contributed by atoms with E-state index in [1.807, 2.05) is 0 Å². The molecule has 0 amide bonds. The standard InChI is InChI=1S/C20H32O3/c1-11-8-15-17-14(5-7-20(15,3)18(11)23)19(2)6-4-13(21)9-12(19)10-16(17)22/h12-18,21-23H,1,4-10H2,2-3H3/t12-,13-,14?,15?,16-,17?,18-,19-,20-/m0/s1. The van der Waals surface area contributed by atoms with Crippen molar-refractivity contribution in [2.75, 3.05) is 0 Å². The van der Waals surface area contributed by atoms with Crippen molar-refractivity contribution < 1.29 is 15.3 Å². The first-order chi connectivity index (χ1) is 10.8. The highest BCUT2D eigenvalue weighted by Crippen LogP contribution is 2.66. The van der Waals surface area contributed by atoms with Crippen LogP contribution in [0.1, 0.15) is 58.8 Å². The average Bonchev–Trinajstić information content (AvgIpc) is 2.73. The molecule has 0 bridgehead atoms. The fourth-order valence-corrected chi connectivity index (χ4v) is 7.14. The Morgan fingerprint density at radius 2 is 1.65 bits per heavy atom. The van der Waals surface area contributed by atoms with Gasteiger partial charge in [-0.05, 0) is 79.6 Å². The van der Waals surface area contributed by atoms with Gasteiger partial charge in [0.15, 0.2) is 0 Å². The normalized spacial score (nSPS) is 59.2. The highest BCUT2D eigenvalue weighted by Gasteiger charge is 2.63. The molecule has 3 unspecified atom stereocenters. The second-order valence-corrected chi connectivity index (χ2v) is 9.53. The lowest BCUT2D eigenvalue weighted by Gasteiger charge is -2.61. The Labute approximate surface area is 139 Å². The summed E-state index contributed by atoms with van der Waals surface area (Å²) in [6, 6.07) is 0. The molecule has 3 N–H and O–H groups in total. The largest absolute Gasteiger partial charge is 0.393 e. The van der Waals surface area contributed by atoms with Crippen molar-refractivity contribution in [2.45, 2.75) is 77.1 Å². The predicted molar refractivity (Wildman–Crippen MR) is 89.7 cm³/mol. The van der Waals surface area contributed by atoms with Gasteiger partial charge in [-0.2, -0.15) is 0 Å². The Balaban J connectivity index is 1.69. The van der Waals surface area contributed by atoms with E-state index >= 15 is 0 Å². The van der Waals surface area contributed by atoms with Crippen molar-refractivity contribution in [1.82, 2.24) is 0 Å². The van der Waals surface area contributed by atoms with E-state index in [0.29, 0.717) is 23.7 Å². The first-order valence-electron chi connectivity index (χ1n) is 9.49. The molecule has 0 aromatic heterocycles. The maximum Gasteiger partial charge on any atom is 0.0804 e. The van der Waals surface area contributed by atoms with E-state index in [9.17, 15) is 15.3 Å². The lowest BCUT2D eigenvalue weighted by molar-refractivity contribution is -0.176. The van der Waals surface area contributed by atoms with Crippen LogP contribution in [0.25, 0.3) is 0 Å². The van der Waals surface area contributed by atoms with Crippen molar-refractivity contribution >= 4 is 0 Å². The first kappa shape index (κ1) is 16.1. The molecule has 3 heteroatoms. The second kappa shape index (κ2) is 5.06. The van der Waals surface area contributed by atoms with E-state index in [-0.39, 0.29) is 23.0 Å². The molecule has 0 radical (unpaired) electrons. The van der Waals surface area contributed by atoms with Crippen molar-refractivity contribution in [1.29, 1.82) is 0 Å². The van der Waals surface area contributed by atoms with Crippen molar-refractivity contribution in [3.63, 3.8) is 0 Å². The number of hydrogen-bond donors (Lipinski definition) is 3. The zero-order valence-electron chi connectivity index (χ0n) is 14.5. The quantitative estimate of drug-likeness (QED) is 0.602. The molecule has 0 spiro atoms. The molecule has 0 heterocycles. The molecule has 4 saturated carbocycles. The number of aliphatic hydroxyl groups is 3. The van der Waals surface area contributed by atoms with Gasteiger partial charge in [0.05, 0.1) is 18.3 Å². The molecule has 3 nitrogen and oxygen atoms in total. The van der Waals surface area contributed by atoms with Crippen LogP contribution in [0.4, 0.5) is 0 Å². The first-order valence-corrected chi connectivity index (χ1v) is 9.49. The monoisotopic (exact) mass is 320 g/mol. The fraction of sp³-hybridized carbons (Fsp3) is 0.900. The van der Waals surface area contributed by atoms with Crippen LogP contribution < -0.4 is 0 Å². The minimum absolute atomic E-state index is 0.101. The van der Waals surface area contributed by atoms with Gasteiger partial charge >= 0.3 is 0 Å². The van der Waals surface area contributed by atoms with Crippen molar-refractivity contribution in [3.05, 3.63) is 12.2 Å². The highest BCUT2D eigenvalue weighted by atomic mass is 16.3. The minimum Gasteiger partial charge on any atom is -0.393 e. The zero-order valence-corrected chi connectivity index (χ0v) is 14.5. The van der Waals surface area contributed by atoms with Gasteiger partial charge in [0.1, 0.15) is 0 Å². The second-order valence-electron chi connectivity index (χ2n) is 9.53. The van der Waals surface area contributed by atoms with Crippen LogP contribution in [-0.4, -0.2) is 33.6 Å². The molecule has 9 atom stereocenters. The molecule has 4 fully saturated rings. The number of rotatable bonds is 0. The summed E-state index contributed by atoms with van der Waals surface area (Å²) >= 11 is 0. The summed E-state index contributed by atoms with van der Waals surface area (Å²) in [5, 5.41) is 31.7. The van der Waals surface area contributed by atoms with Crippen LogP contribution in [0.15, 0.2) is 12.2 Å². The van der Waals surface area contributed by atoms with Gasteiger partial charge in [0.25, 0.3) is 0 Å². The summed E-state index contributed by atoms with van der Waals surface area (Å²) < 4.78 is 0. The Morgan fingerprint density at radius 3 is 2.39 bits per heavy atom. The summed E-state index contributed by atoms with van der Waals surface area (Å²) in [5.41, 5.74) is 1.12. The van der Waals surface area contributed by atoms with Gasteiger partial charge in [-0.3, -0.25) is 0 Å². The van der Waals surface area contributed by atoms with E-state index < -0.39 is 6.10 Å². The minimum atomic E-state index is -0.403. The lowest BCUT2D eigenvalue weighted by atomic mass is 9.44.